The molecule has 0 saturated carbocycles. The van der Waals surface area contributed by atoms with E-state index < -0.39 is 10.0 Å². The van der Waals surface area contributed by atoms with Crippen molar-refractivity contribution >= 4 is 21.8 Å². The number of anilines is 1. The molecule has 1 aromatic carbocycles. The van der Waals surface area contributed by atoms with Gasteiger partial charge >= 0.3 is 0 Å². The van der Waals surface area contributed by atoms with Crippen LogP contribution in [0.3, 0.4) is 0 Å². The first-order valence-electron chi connectivity index (χ1n) is 6.21. The Morgan fingerprint density at radius 3 is 2.61 bits per heavy atom. The maximum atomic E-state index is 12.2. The average Bonchev–Trinajstić information content (AvgIpc) is 2.38. The van der Waals surface area contributed by atoms with Crippen LogP contribution in [0.15, 0.2) is 29.2 Å². The van der Waals surface area contributed by atoms with Crippen LogP contribution in [0.2, 0.25) is 0 Å². The van der Waals surface area contributed by atoms with Crippen LogP contribution in [0.1, 0.15) is 18.4 Å². The lowest BCUT2D eigenvalue weighted by atomic mass is 9.96. The lowest BCUT2D eigenvalue weighted by Gasteiger charge is -2.28. The molecule has 2 aliphatic rings. The van der Waals surface area contributed by atoms with Crippen molar-refractivity contribution in [2.45, 2.75) is 12.8 Å². The van der Waals surface area contributed by atoms with E-state index in [-0.39, 0.29) is 5.92 Å². The first-order valence-corrected chi connectivity index (χ1v) is 7.69. The molecule has 3 rings (SSSR count). The Kier molecular flexibility index (Phi) is 2.87. The van der Waals surface area contributed by atoms with Gasteiger partial charge in [-0.25, -0.2) is 8.42 Å². The van der Waals surface area contributed by atoms with Gasteiger partial charge in [-0.1, -0.05) is 18.2 Å². The third kappa shape index (κ3) is 2.04. The number of fused-ring (bicyclic) bond motifs is 1. The number of piperidine rings is 1. The van der Waals surface area contributed by atoms with Crippen molar-refractivity contribution in [2.75, 3.05) is 17.8 Å². The summed E-state index contributed by atoms with van der Waals surface area (Å²) in [5, 5.41) is 3.26. The molecule has 0 amide bonds. The molecule has 18 heavy (non-hydrogen) atoms. The predicted octanol–water partition coefficient (Wildman–Crippen LogP) is 1.78. The van der Waals surface area contributed by atoms with Crippen molar-refractivity contribution in [1.29, 1.82) is 0 Å². The molecule has 0 spiro atoms. The van der Waals surface area contributed by atoms with Gasteiger partial charge in [-0.3, -0.25) is 4.72 Å². The van der Waals surface area contributed by atoms with Gasteiger partial charge < -0.3 is 5.32 Å². The van der Waals surface area contributed by atoms with Crippen molar-refractivity contribution in [1.82, 2.24) is 5.32 Å². The van der Waals surface area contributed by atoms with Crippen molar-refractivity contribution in [2.24, 2.45) is 5.92 Å². The zero-order valence-corrected chi connectivity index (χ0v) is 10.8. The highest BCUT2D eigenvalue weighted by Crippen LogP contribution is 2.34. The van der Waals surface area contributed by atoms with Gasteiger partial charge in [-0.15, -0.1) is 0 Å². The normalized spacial score (nSPS) is 22.8. The smallest absolute Gasteiger partial charge is 0.258 e. The van der Waals surface area contributed by atoms with Gasteiger partial charge in [0, 0.05) is 0 Å². The highest BCUT2D eigenvalue weighted by atomic mass is 32.2. The second kappa shape index (κ2) is 4.40. The second-order valence-corrected chi connectivity index (χ2v) is 6.45. The summed E-state index contributed by atoms with van der Waals surface area (Å²) < 4.78 is 27.2. The molecule has 96 valence electrons. The van der Waals surface area contributed by atoms with E-state index in [0.29, 0.717) is 10.6 Å². The molecule has 2 aliphatic heterocycles. The van der Waals surface area contributed by atoms with Crippen molar-refractivity contribution < 1.29 is 8.42 Å². The molecule has 2 N–H and O–H groups in total. The highest BCUT2D eigenvalue weighted by molar-refractivity contribution is 7.96. The van der Waals surface area contributed by atoms with Crippen molar-refractivity contribution in [3.8, 4) is 0 Å². The maximum absolute atomic E-state index is 12.2. The van der Waals surface area contributed by atoms with Crippen LogP contribution in [0.5, 0.6) is 0 Å². The molecule has 2 heterocycles. The zero-order valence-electron chi connectivity index (χ0n) is 10.0. The highest BCUT2D eigenvalue weighted by Gasteiger charge is 2.30. The SMILES string of the molecule is O=S1(=O)Nc2ccccc2C=C1C1CCNCC1. The minimum absolute atomic E-state index is 0.136. The first kappa shape index (κ1) is 11.7. The lowest BCUT2D eigenvalue weighted by molar-refractivity contribution is 0.429. The summed E-state index contributed by atoms with van der Waals surface area (Å²) in [6.45, 7) is 1.78. The first-order chi connectivity index (χ1) is 8.67. The monoisotopic (exact) mass is 264 g/mol. The number of nitrogens with one attached hydrogen (secondary N) is 2. The van der Waals surface area contributed by atoms with Gasteiger partial charge in [0.2, 0.25) is 0 Å². The van der Waals surface area contributed by atoms with Crippen LogP contribution >= 0.6 is 0 Å². The third-order valence-electron chi connectivity index (χ3n) is 3.55. The average molecular weight is 264 g/mol. The van der Waals surface area contributed by atoms with E-state index in [1.807, 2.05) is 24.3 Å². The largest absolute Gasteiger partial charge is 0.317 e. The standard InChI is InChI=1S/C13H16N2O2S/c16-18(17)13(10-5-7-14-8-6-10)9-11-3-1-2-4-12(11)15-18/h1-4,9-10,14-15H,5-8H2. The fraction of sp³-hybridized carbons (Fsp3) is 0.385. The number of benzene rings is 1. The van der Waals surface area contributed by atoms with Gasteiger partial charge in [0.05, 0.1) is 10.6 Å². The van der Waals surface area contributed by atoms with Gasteiger partial charge in [0.25, 0.3) is 10.0 Å². The zero-order chi connectivity index (χ0) is 12.6. The Labute approximate surface area is 107 Å². The predicted molar refractivity (Wildman–Crippen MR) is 72.6 cm³/mol. The van der Waals surface area contributed by atoms with Gasteiger partial charge in [0.1, 0.15) is 0 Å². The van der Waals surface area contributed by atoms with E-state index >= 15 is 0 Å². The lowest BCUT2D eigenvalue weighted by Crippen LogP contribution is -2.32. The van der Waals surface area contributed by atoms with E-state index in [2.05, 4.69) is 10.0 Å². The topological polar surface area (TPSA) is 58.2 Å². The maximum Gasteiger partial charge on any atom is 0.258 e. The number of allylic oxidation sites excluding steroid dienone is 1. The molecule has 0 unspecified atom stereocenters. The molecular formula is C13H16N2O2S. The summed E-state index contributed by atoms with van der Waals surface area (Å²) in [4.78, 5) is 0.544. The Balaban J connectivity index is 2.04. The summed E-state index contributed by atoms with van der Waals surface area (Å²) >= 11 is 0. The molecule has 1 fully saturated rings. The Hall–Kier alpha value is -1.33. The minimum Gasteiger partial charge on any atom is -0.317 e. The van der Waals surface area contributed by atoms with Crippen LogP contribution in [0.25, 0.3) is 6.08 Å². The summed E-state index contributed by atoms with van der Waals surface area (Å²) in [6, 6.07) is 7.50. The number of hydrogen-bond acceptors (Lipinski definition) is 3. The molecule has 5 heteroatoms. The number of sulfonamides is 1. The van der Waals surface area contributed by atoms with E-state index in [1.54, 1.807) is 6.07 Å². The van der Waals surface area contributed by atoms with Gasteiger partial charge in [-0.05, 0) is 49.6 Å². The number of rotatable bonds is 1. The summed E-state index contributed by atoms with van der Waals surface area (Å²) in [5.74, 6) is 0.136. The van der Waals surface area contributed by atoms with E-state index in [4.69, 9.17) is 0 Å². The fourth-order valence-corrected chi connectivity index (χ4v) is 4.14. The quantitative estimate of drug-likeness (QED) is 0.813. The van der Waals surface area contributed by atoms with Crippen LogP contribution < -0.4 is 10.0 Å². The van der Waals surface area contributed by atoms with Crippen molar-refractivity contribution in [3.05, 3.63) is 34.7 Å². The third-order valence-corrected chi connectivity index (χ3v) is 5.12. The molecule has 1 saturated heterocycles. The van der Waals surface area contributed by atoms with Crippen LogP contribution in [-0.2, 0) is 10.0 Å². The summed E-state index contributed by atoms with van der Waals surface area (Å²) in [6.07, 6.45) is 3.60. The molecule has 0 aliphatic carbocycles. The van der Waals surface area contributed by atoms with E-state index in [9.17, 15) is 8.42 Å². The minimum atomic E-state index is -3.35. The Morgan fingerprint density at radius 1 is 1.11 bits per heavy atom. The molecule has 1 aromatic rings. The fourth-order valence-electron chi connectivity index (χ4n) is 2.59. The molecule has 0 aromatic heterocycles. The molecule has 0 radical (unpaired) electrons. The van der Waals surface area contributed by atoms with Crippen LogP contribution in [0, 0.1) is 5.92 Å². The Morgan fingerprint density at radius 2 is 1.83 bits per heavy atom. The molecular weight excluding hydrogens is 248 g/mol. The molecule has 4 nitrogen and oxygen atoms in total. The number of hydrogen-bond donors (Lipinski definition) is 2. The van der Waals surface area contributed by atoms with Gasteiger partial charge in [-0.2, -0.15) is 0 Å². The summed E-state index contributed by atoms with van der Waals surface area (Å²) in [7, 11) is -3.35. The number of para-hydroxylation sites is 1. The molecule has 0 bridgehead atoms. The van der Waals surface area contributed by atoms with E-state index in [1.165, 1.54) is 0 Å². The van der Waals surface area contributed by atoms with E-state index in [0.717, 1.165) is 31.5 Å². The Bertz CT molecular complexity index is 587. The second-order valence-electron chi connectivity index (χ2n) is 4.76. The van der Waals surface area contributed by atoms with Gasteiger partial charge in [0.15, 0.2) is 0 Å². The van der Waals surface area contributed by atoms with Crippen LogP contribution in [-0.4, -0.2) is 21.5 Å². The summed E-state index contributed by atoms with van der Waals surface area (Å²) in [5.41, 5.74) is 1.64. The van der Waals surface area contributed by atoms with Crippen molar-refractivity contribution in [3.63, 3.8) is 0 Å². The molecule has 0 atom stereocenters. The van der Waals surface area contributed by atoms with Crippen LogP contribution in [0.4, 0.5) is 5.69 Å².